The summed E-state index contributed by atoms with van der Waals surface area (Å²) in [6, 6.07) is 10.3. The summed E-state index contributed by atoms with van der Waals surface area (Å²) in [5.41, 5.74) is 1.04. The lowest BCUT2D eigenvalue weighted by Gasteiger charge is -2.14. The zero-order chi connectivity index (χ0) is 14.7. The molecule has 0 saturated heterocycles. The van der Waals surface area contributed by atoms with E-state index in [-0.39, 0.29) is 5.91 Å². The molecule has 0 aliphatic heterocycles. The highest BCUT2D eigenvalue weighted by Gasteiger charge is 2.13. The number of benzene rings is 2. The molecule has 0 saturated carbocycles. The Kier molecular flexibility index (Phi) is 4.69. The van der Waals surface area contributed by atoms with Crippen molar-refractivity contribution in [2.24, 2.45) is 0 Å². The minimum atomic E-state index is -0.919. The number of amides is 1. The Morgan fingerprint density at radius 2 is 1.75 bits per heavy atom. The van der Waals surface area contributed by atoms with Crippen molar-refractivity contribution in [3.63, 3.8) is 0 Å². The molecule has 0 aliphatic carbocycles. The van der Waals surface area contributed by atoms with Crippen LogP contribution in [0.4, 0.5) is 8.78 Å². The molecule has 0 radical (unpaired) electrons. The van der Waals surface area contributed by atoms with Gasteiger partial charge in [-0.1, -0.05) is 6.07 Å². The van der Waals surface area contributed by atoms with Crippen molar-refractivity contribution in [2.45, 2.75) is 13.0 Å². The van der Waals surface area contributed by atoms with Crippen LogP contribution >= 0.6 is 22.6 Å². The van der Waals surface area contributed by atoms with Gasteiger partial charge in [-0.05, 0) is 71.5 Å². The summed E-state index contributed by atoms with van der Waals surface area (Å²) in [7, 11) is 0. The van der Waals surface area contributed by atoms with E-state index in [1.807, 2.05) is 12.1 Å². The van der Waals surface area contributed by atoms with Gasteiger partial charge in [0.15, 0.2) is 11.6 Å². The van der Waals surface area contributed by atoms with Crippen LogP contribution in [0.1, 0.15) is 28.9 Å². The summed E-state index contributed by atoms with van der Waals surface area (Å²) in [4.78, 5) is 12.0. The quantitative estimate of drug-likeness (QED) is 0.791. The van der Waals surface area contributed by atoms with Gasteiger partial charge >= 0.3 is 0 Å². The third-order valence-corrected chi connectivity index (χ3v) is 3.62. The summed E-state index contributed by atoms with van der Waals surface area (Å²) in [5, 5.41) is 2.75. The third-order valence-electron chi connectivity index (χ3n) is 2.90. The van der Waals surface area contributed by atoms with Crippen molar-refractivity contribution in [1.82, 2.24) is 5.32 Å². The van der Waals surface area contributed by atoms with Crippen LogP contribution in [0.15, 0.2) is 42.5 Å². The second-order valence-electron chi connectivity index (χ2n) is 4.38. The van der Waals surface area contributed by atoms with E-state index >= 15 is 0 Å². The Morgan fingerprint density at radius 3 is 2.35 bits per heavy atom. The molecule has 0 aromatic heterocycles. The molecule has 0 fully saturated rings. The zero-order valence-corrected chi connectivity index (χ0v) is 12.8. The smallest absolute Gasteiger partial charge is 0.251 e. The van der Waals surface area contributed by atoms with Gasteiger partial charge in [-0.15, -0.1) is 0 Å². The summed E-state index contributed by atoms with van der Waals surface area (Å²) in [6.07, 6.45) is 0. The van der Waals surface area contributed by atoms with Gasteiger partial charge in [-0.3, -0.25) is 4.79 Å². The first-order valence-electron chi connectivity index (χ1n) is 5.99. The molecular weight excluding hydrogens is 375 g/mol. The molecule has 104 valence electrons. The van der Waals surface area contributed by atoms with Gasteiger partial charge in [-0.2, -0.15) is 0 Å². The molecule has 2 nitrogen and oxygen atoms in total. The number of hydrogen-bond donors (Lipinski definition) is 1. The fraction of sp³-hybridized carbons (Fsp3) is 0.133. The Hall–Kier alpha value is -1.50. The van der Waals surface area contributed by atoms with Gasteiger partial charge in [0.05, 0.1) is 6.04 Å². The molecule has 1 amide bonds. The molecule has 5 heteroatoms. The predicted molar refractivity (Wildman–Crippen MR) is 81.4 cm³/mol. The van der Waals surface area contributed by atoms with E-state index in [9.17, 15) is 13.6 Å². The van der Waals surface area contributed by atoms with E-state index in [1.165, 1.54) is 6.07 Å². The lowest BCUT2D eigenvalue weighted by Crippen LogP contribution is -2.26. The van der Waals surface area contributed by atoms with Crippen LogP contribution in [-0.4, -0.2) is 5.91 Å². The van der Waals surface area contributed by atoms with E-state index < -0.39 is 17.7 Å². The maximum absolute atomic E-state index is 13.2. The van der Waals surface area contributed by atoms with Gasteiger partial charge in [-0.25, -0.2) is 8.78 Å². The van der Waals surface area contributed by atoms with Crippen LogP contribution in [0, 0.1) is 15.2 Å². The van der Waals surface area contributed by atoms with E-state index in [4.69, 9.17) is 0 Å². The van der Waals surface area contributed by atoms with Crippen LogP contribution in [0.25, 0.3) is 0 Å². The molecule has 2 rings (SSSR count). The second kappa shape index (κ2) is 6.30. The van der Waals surface area contributed by atoms with E-state index in [2.05, 4.69) is 27.9 Å². The topological polar surface area (TPSA) is 29.1 Å². The van der Waals surface area contributed by atoms with Gasteiger partial charge < -0.3 is 5.32 Å². The number of hydrogen-bond acceptors (Lipinski definition) is 1. The first-order chi connectivity index (χ1) is 9.47. The SMILES string of the molecule is CC(NC(=O)c1ccc(I)cc1)c1ccc(F)c(F)c1. The van der Waals surface area contributed by atoms with Gasteiger partial charge in [0, 0.05) is 9.13 Å². The molecule has 1 atom stereocenters. The highest BCUT2D eigenvalue weighted by atomic mass is 127. The normalized spacial score (nSPS) is 12.0. The first-order valence-corrected chi connectivity index (χ1v) is 7.06. The maximum Gasteiger partial charge on any atom is 0.251 e. The van der Waals surface area contributed by atoms with Crippen molar-refractivity contribution in [1.29, 1.82) is 0 Å². The van der Waals surface area contributed by atoms with Crippen LogP contribution in [0.5, 0.6) is 0 Å². The highest BCUT2D eigenvalue weighted by molar-refractivity contribution is 14.1. The Labute approximate surface area is 129 Å². The van der Waals surface area contributed by atoms with Gasteiger partial charge in [0.2, 0.25) is 0 Å². The van der Waals surface area contributed by atoms with E-state index in [1.54, 1.807) is 19.1 Å². The fourth-order valence-corrected chi connectivity index (χ4v) is 2.11. The van der Waals surface area contributed by atoms with Crippen LogP contribution < -0.4 is 5.32 Å². The van der Waals surface area contributed by atoms with Crippen LogP contribution in [0.2, 0.25) is 0 Å². The lowest BCUT2D eigenvalue weighted by atomic mass is 10.1. The summed E-state index contributed by atoms with van der Waals surface area (Å²) in [5.74, 6) is -2.07. The van der Waals surface area contributed by atoms with Crippen molar-refractivity contribution in [3.8, 4) is 0 Å². The average molecular weight is 387 g/mol. The number of nitrogens with one attached hydrogen (secondary N) is 1. The Bertz CT molecular complexity index is 628. The van der Waals surface area contributed by atoms with E-state index in [0.29, 0.717) is 11.1 Å². The lowest BCUT2D eigenvalue weighted by molar-refractivity contribution is 0.0940. The summed E-state index contributed by atoms with van der Waals surface area (Å²) in [6.45, 7) is 1.72. The fourth-order valence-electron chi connectivity index (χ4n) is 1.75. The summed E-state index contributed by atoms with van der Waals surface area (Å²) < 4.78 is 27.1. The highest BCUT2D eigenvalue weighted by Crippen LogP contribution is 2.16. The minimum Gasteiger partial charge on any atom is -0.346 e. The molecule has 1 unspecified atom stereocenters. The monoisotopic (exact) mass is 387 g/mol. The van der Waals surface area contributed by atoms with Gasteiger partial charge in [0.1, 0.15) is 0 Å². The number of rotatable bonds is 3. The Balaban J connectivity index is 2.10. The van der Waals surface area contributed by atoms with Crippen LogP contribution in [0.3, 0.4) is 0 Å². The van der Waals surface area contributed by atoms with E-state index in [0.717, 1.165) is 15.7 Å². The molecule has 20 heavy (non-hydrogen) atoms. The maximum atomic E-state index is 13.2. The molecule has 0 spiro atoms. The largest absolute Gasteiger partial charge is 0.346 e. The van der Waals surface area contributed by atoms with Crippen molar-refractivity contribution >= 4 is 28.5 Å². The minimum absolute atomic E-state index is 0.251. The molecule has 2 aromatic carbocycles. The average Bonchev–Trinajstić information content (AvgIpc) is 2.42. The molecule has 0 heterocycles. The predicted octanol–water partition coefficient (Wildman–Crippen LogP) is 4.06. The zero-order valence-electron chi connectivity index (χ0n) is 10.7. The molecule has 0 aliphatic rings. The number of carbonyl (C=O) groups is 1. The van der Waals surface area contributed by atoms with Crippen LogP contribution in [-0.2, 0) is 0 Å². The summed E-state index contributed by atoms with van der Waals surface area (Å²) >= 11 is 2.15. The van der Waals surface area contributed by atoms with Crippen molar-refractivity contribution in [2.75, 3.05) is 0 Å². The standard InChI is InChI=1S/C15H12F2INO/c1-9(11-4-7-13(16)14(17)8-11)19-15(20)10-2-5-12(18)6-3-10/h2-9H,1H3,(H,19,20). The third kappa shape index (κ3) is 3.53. The first kappa shape index (κ1) is 14.9. The van der Waals surface area contributed by atoms with Crippen molar-refractivity contribution in [3.05, 3.63) is 68.8 Å². The Morgan fingerprint density at radius 1 is 1.10 bits per heavy atom. The second-order valence-corrected chi connectivity index (χ2v) is 5.62. The molecule has 2 aromatic rings. The van der Waals surface area contributed by atoms with Gasteiger partial charge in [0.25, 0.3) is 5.91 Å². The molecule has 1 N–H and O–H groups in total. The van der Waals surface area contributed by atoms with Crippen molar-refractivity contribution < 1.29 is 13.6 Å². The number of carbonyl (C=O) groups excluding carboxylic acids is 1. The number of halogens is 3. The molecular formula is C15H12F2INO. The molecule has 0 bridgehead atoms.